The van der Waals surface area contributed by atoms with E-state index in [-0.39, 0.29) is 5.56 Å². The van der Waals surface area contributed by atoms with Gasteiger partial charge in [-0.25, -0.2) is 18.2 Å². The monoisotopic (exact) mass is 280 g/mol. The molecule has 2 N–H and O–H groups in total. The maximum atomic E-state index is 13.7. The van der Waals surface area contributed by atoms with E-state index in [1.165, 1.54) is 23.6 Å². The number of benzene rings is 1. The first-order valence-electron chi connectivity index (χ1n) is 5.34. The molecule has 3 rings (SSSR count). The van der Waals surface area contributed by atoms with Crippen LogP contribution in [-0.2, 0) is 0 Å². The van der Waals surface area contributed by atoms with E-state index in [4.69, 9.17) is 5.73 Å². The van der Waals surface area contributed by atoms with Gasteiger partial charge < -0.3 is 5.73 Å². The van der Waals surface area contributed by atoms with Crippen molar-refractivity contribution in [3.8, 4) is 11.1 Å². The minimum absolute atomic E-state index is 0.0427. The second-order valence-corrected chi connectivity index (χ2v) is 4.85. The first-order valence-corrected chi connectivity index (χ1v) is 6.22. The van der Waals surface area contributed by atoms with E-state index < -0.39 is 17.5 Å². The summed E-state index contributed by atoms with van der Waals surface area (Å²) in [6.07, 6.45) is 1.41. The van der Waals surface area contributed by atoms with Gasteiger partial charge in [0.25, 0.3) is 0 Å². The van der Waals surface area contributed by atoms with E-state index in [1.54, 1.807) is 11.4 Å². The van der Waals surface area contributed by atoms with Crippen molar-refractivity contribution >= 4 is 27.2 Å². The smallest absolute Gasteiger partial charge is 0.195 e. The van der Waals surface area contributed by atoms with Crippen molar-refractivity contribution in [2.45, 2.75) is 0 Å². The van der Waals surface area contributed by atoms with Crippen LogP contribution in [0.1, 0.15) is 0 Å². The van der Waals surface area contributed by atoms with E-state index >= 15 is 0 Å². The molecule has 0 spiro atoms. The van der Waals surface area contributed by atoms with Crippen molar-refractivity contribution in [1.82, 2.24) is 4.98 Å². The zero-order valence-corrected chi connectivity index (χ0v) is 10.3. The van der Waals surface area contributed by atoms with Gasteiger partial charge in [-0.15, -0.1) is 11.3 Å². The lowest BCUT2D eigenvalue weighted by Gasteiger charge is -2.05. The molecule has 0 saturated carbocycles. The summed E-state index contributed by atoms with van der Waals surface area (Å²) < 4.78 is 39.8. The fourth-order valence-electron chi connectivity index (χ4n) is 1.83. The molecule has 0 radical (unpaired) electrons. The van der Waals surface area contributed by atoms with Crippen molar-refractivity contribution in [3.63, 3.8) is 0 Å². The van der Waals surface area contributed by atoms with Gasteiger partial charge in [-0.3, -0.25) is 0 Å². The number of hydrogen-bond donors (Lipinski definition) is 1. The molecule has 96 valence electrons. The fourth-order valence-corrected chi connectivity index (χ4v) is 2.61. The molecule has 0 aliphatic carbocycles. The summed E-state index contributed by atoms with van der Waals surface area (Å²) in [6, 6.07) is 3.68. The standard InChI is InChI=1S/C13H7F3N2S/c14-9-2-1-7(11(15)12(9)16)6-3-8-10(17)5-19-13(8)18-4-6/h1-5H,17H2. The van der Waals surface area contributed by atoms with Crippen LogP contribution in [-0.4, -0.2) is 4.98 Å². The molecular formula is C13H7F3N2S. The van der Waals surface area contributed by atoms with Crippen LogP contribution in [0.3, 0.4) is 0 Å². The second kappa shape index (κ2) is 4.24. The SMILES string of the molecule is Nc1csc2ncc(-c3ccc(F)c(F)c3F)cc12. The van der Waals surface area contributed by atoms with Gasteiger partial charge in [0.1, 0.15) is 4.83 Å². The molecule has 3 aromatic rings. The Kier molecular flexibility index (Phi) is 2.67. The van der Waals surface area contributed by atoms with Crippen LogP contribution in [0.15, 0.2) is 29.8 Å². The molecule has 2 nitrogen and oxygen atoms in total. The third-order valence-corrected chi connectivity index (χ3v) is 3.73. The molecule has 19 heavy (non-hydrogen) atoms. The average Bonchev–Trinajstić information content (AvgIpc) is 2.78. The third kappa shape index (κ3) is 1.84. The van der Waals surface area contributed by atoms with Crippen LogP contribution in [0.2, 0.25) is 0 Å². The highest BCUT2D eigenvalue weighted by Crippen LogP contribution is 2.32. The Morgan fingerprint density at radius 3 is 2.68 bits per heavy atom. The predicted molar refractivity (Wildman–Crippen MR) is 69.3 cm³/mol. The molecule has 0 atom stereocenters. The summed E-state index contributed by atoms with van der Waals surface area (Å²) in [5, 5.41) is 2.40. The third-order valence-electron chi connectivity index (χ3n) is 2.81. The Labute approximate surface area is 110 Å². The summed E-state index contributed by atoms with van der Waals surface area (Å²) in [6.45, 7) is 0. The first-order chi connectivity index (χ1) is 9.08. The number of hydrogen-bond acceptors (Lipinski definition) is 3. The van der Waals surface area contributed by atoms with Gasteiger partial charge in [0.05, 0.1) is 5.69 Å². The maximum absolute atomic E-state index is 13.7. The highest BCUT2D eigenvalue weighted by molar-refractivity contribution is 7.17. The molecular weight excluding hydrogens is 273 g/mol. The lowest BCUT2D eigenvalue weighted by Crippen LogP contribution is -1.94. The number of pyridine rings is 1. The van der Waals surface area contributed by atoms with E-state index in [1.807, 2.05) is 0 Å². The van der Waals surface area contributed by atoms with Crippen LogP contribution in [0.4, 0.5) is 18.9 Å². The normalized spacial score (nSPS) is 11.1. The predicted octanol–water partition coefficient (Wildman–Crippen LogP) is 3.96. The highest BCUT2D eigenvalue weighted by atomic mass is 32.1. The topological polar surface area (TPSA) is 38.9 Å². The van der Waals surface area contributed by atoms with Gasteiger partial charge in [0.2, 0.25) is 0 Å². The van der Waals surface area contributed by atoms with Gasteiger partial charge in [0, 0.05) is 28.1 Å². The summed E-state index contributed by atoms with van der Waals surface area (Å²) in [4.78, 5) is 4.84. The number of nitrogen functional groups attached to an aromatic ring is 1. The Balaban J connectivity index is 2.24. The zero-order valence-electron chi connectivity index (χ0n) is 9.45. The van der Waals surface area contributed by atoms with Crippen LogP contribution in [0.25, 0.3) is 21.3 Å². The number of nitrogens with zero attached hydrogens (tertiary/aromatic N) is 1. The van der Waals surface area contributed by atoms with Crippen LogP contribution in [0, 0.1) is 17.5 Å². The minimum atomic E-state index is -1.49. The molecule has 0 aliphatic heterocycles. The maximum Gasteiger partial charge on any atom is 0.195 e. The number of thiophene rings is 1. The van der Waals surface area contributed by atoms with Crippen molar-refractivity contribution < 1.29 is 13.2 Å². The molecule has 2 aromatic heterocycles. The zero-order chi connectivity index (χ0) is 13.6. The lowest BCUT2D eigenvalue weighted by atomic mass is 10.1. The molecule has 2 heterocycles. The molecule has 0 fully saturated rings. The van der Waals surface area contributed by atoms with E-state index in [0.717, 1.165) is 6.07 Å². The molecule has 0 aliphatic rings. The van der Waals surface area contributed by atoms with Gasteiger partial charge in [-0.1, -0.05) is 0 Å². The Morgan fingerprint density at radius 1 is 1.11 bits per heavy atom. The quantitative estimate of drug-likeness (QED) is 0.685. The van der Waals surface area contributed by atoms with Crippen molar-refractivity contribution in [3.05, 3.63) is 47.2 Å². The van der Waals surface area contributed by atoms with Crippen LogP contribution >= 0.6 is 11.3 Å². The number of fused-ring (bicyclic) bond motifs is 1. The highest BCUT2D eigenvalue weighted by Gasteiger charge is 2.15. The molecule has 0 bridgehead atoms. The summed E-state index contributed by atoms with van der Waals surface area (Å²) in [5.74, 6) is -3.93. The molecule has 0 amide bonds. The minimum Gasteiger partial charge on any atom is -0.398 e. The number of nitrogens with two attached hydrogens (primary N) is 1. The van der Waals surface area contributed by atoms with Gasteiger partial charge >= 0.3 is 0 Å². The number of halogens is 3. The van der Waals surface area contributed by atoms with E-state index in [0.29, 0.717) is 21.5 Å². The molecule has 0 saturated heterocycles. The molecule has 0 unspecified atom stereocenters. The molecule has 6 heteroatoms. The molecule has 1 aromatic carbocycles. The summed E-state index contributed by atoms with van der Waals surface area (Å²) in [7, 11) is 0. The van der Waals surface area contributed by atoms with Crippen molar-refractivity contribution in [1.29, 1.82) is 0 Å². The summed E-state index contributed by atoms with van der Waals surface area (Å²) in [5.41, 5.74) is 6.60. The Bertz CT molecular complexity index is 783. The second-order valence-electron chi connectivity index (χ2n) is 3.99. The number of rotatable bonds is 1. The Hall–Kier alpha value is -2.08. The van der Waals surface area contributed by atoms with Gasteiger partial charge in [0.15, 0.2) is 17.5 Å². The summed E-state index contributed by atoms with van der Waals surface area (Å²) >= 11 is 1.36. The van der Waals surface area contributed by atoms with Gasteiger partial charge in [-0.05, 0) is 18.2 Å². The van der Waals surface area contributed by atoms with Crippen LogP contribution in [0.5, 0.6) is 0 Å². The fraction of sp³-hybridized carbons (Fsp3) is 0. The first kappa shape index (κ1) is 12.0. The number of anilines is 1. The Morgan fingerprint density at radius 2 is 1.89 bits per heavy atom. The van der Waals surface area contributed by atoms with E-state index in [9.17, 15) is 13.2 Å². The van der Waals surface area contributed by atoms with Gasteiger partial charge in [-0.2, -0.15) is 0 Å². The van der Waals surface area contributed by atoms with Crippen LogP contribution < -0.4 is 5.73 Å². The average molecular weight is 280 g/mol. The lowest BCUT2D eigenvalue weighted by molar-refractivity contribution is 0.449. The number of aromatic nitrogens is 1. The van der Waals surface area contributed by atoms with Crippen molar-refractivity contribution in [2.24, 2.45) is 0 Å². The van der Waals surface area contributed by atoms with Crippen molar-refractivity contribution in [2.75, 3.05) is 5.73 Å². The largest absolute Gasteiger partial charge is 0.398 e. The van der Waals surface area contributed by atoms with E-state index in [2.05, 4.69) is 4.98 Å².